The number of anilines is 1. The summed E-state index contributed by atoms with van der Waals surface area (Å²) in [6, 6.07) is 6.72. The van der Waals surface area contributed by atoms with Gasteiger partial charge in [-0.05, 0) is 53.6 Å². The summed E-state index contributed by atoms with van der Waals surface area (Å²) in [7, 11) is 0. The summed E-state index contributed by atoms with van der Waals surface area (Å²) in [4.78, 5) is 0. The second-order valence-corrected chi connectivity index (χ2v) is 6.06. The highest BCUT2D eigenvalue weighted by atomic mass is 127. The summed E-state index contributed by atoms with van der Waals surface area (Å²) in [5.41, 5.74) is 1.23. The minimum absolute atomic E-state index is 0.650. The van der Waals surface area contributed by atoms with Gasteiger partial charge in [-0.15, -0.1) is 0 Å². The summed E-state index contributed by atoms with van der Waals surface area (Å²) in [6.45, 7) is 0. The lowest BCUT2D eigenvalue weighted by Gasteiger charge is -2.18. The molecule has 88 valence electrons. The minimum Gasteiger partial charge on any atom is -0.381 e. The number of hydrogen-bond acceptors (Lipinski definition) is 1. The van der Waals surface area contributed by atoms with E-state index in [9.17, 15) is 0 Å². The van der Waals surface area contributed by atoms with E-state index >= 15 is 0 Å². The van der Waals surface area contributed by atoms with Crippen LogP contribution in [0.25, 0.3) is 0 Å². The maximum absolute atomic E-state index is 5.95. The fourth-order valence-corrected chi connectivity index (χ4v) is 3.28. The molecule has 0 radical (unpaired) electrons. The second-order valence-electron chi connectivity index (χ2n) is 4.46. The summed E-state index contributed by atoms with van der Waals surface area (Å²) in [5.74, 6) is 0. The van der Waals surface area contributed by atoms with Crippen LogP contribution in [0.1, 0.15) is 38.5 Å². The van der Waals surface area contributed by atoms with Gasteiger partial charge in [-0.1, -0.05) is 37.3 Å². The van der Waals surface area contributed by atoms with E-state index in [1.54, 1.807) is 0 Å². The highest BCUT2D eigenvalue weighted by molar-refractivity contribution is 14.1. The molecule has 1 N–H and O–H groups in total. The van der Waals surface area contributed by atoms with Crippen LogP contribution in [-0.2, 0) is 0 Å². The Bertz CT molecular complexity index is 346. The molecule has 0 unspecified atom stereocenters. The van der Waals surface area contributed by atoms with Gasteiger partial charge >= 0.3 is 0 Å². The molecule has 1 aliphatic rings. The summed E-state index contributed by atoms with van der Waals surface area (Å²) < 4.78 is 1.22. The monoisotopic (exact) mass is 349 g/mol. The molecule has 1 saturated carbocycles. The first-order valence-electron chi connectivity index (χ1n) is 5.97. The van der Waals surface area contributed by atoms with Gasteiger partial charge in [0, 0.05) is 20.3 Å². The van der Waals surface area contributed by atoms with Gasteiger partial charge in [0.1, 0.15) is 0 Å². The van der Waals surface area contributed by atoms with E-state index in [2.05, 4.69) is 34.0 Å². The van der Waals surface area contributed by atoms with E-state index in [-0.39, 0.29) is 0 Å². The van der Waals surface area contributed by atoms with Crippen LogP contribution in [0.3, 0.4) is 0 Å². The van der Waals surface area contributed by atoms with Gasteiger partial charge < -0.3 is 5.32 Å². The second kappa shape index (κ2) is 6.10. The average Bonchev–Trinajstić information content (AvgIpc) is 2.51. The predicted octanol–water partition coefficient (Wildman–Crippen LogP) is 5.08. The van der Waals surface area contributed by atoms with Crippen LogP contribution in [-0.4, -0.2) is 6.04 Å². The Kier molecular flexibility index (Phi) is 4.77. The molecule has 1 aromatic rings. The average molecular weight is 350 g/mol. The largest absolute Gasteiger partial charge is 0.381 e. The van der Waals surface area contributed by atoms with Crippen molar-refractivity contribution in [3.05, 3.63) is 26.8 Å². The Hall–Kier alpha value is 0.0400. The van der Waals surface area contributed by atoms with Gasteiger partial charge in [0.25, 0.3) is 0 Å². The zero-order valence-electron chi connectivity index (χ0n) is 9.31. The molecule has 0 aromatic heterocycles. The van der Waals surface area contributed by atoms with Crippen LogP contribution in [0.2, 0.25) is 5.02 Å². The number of hydrogen-bond donors (Lipinski definition) is 1. The van der Waals surface area contributed by atoms with Gasteiger partial charge in [-0.2, -0.15) is 0 Å². The van der Waals surface area contributed by atoms with Crippen molar-refractivity contribution in [2.45, 2.75) is 44.6 Å². The lowest BCUT2D eigenvalue weighted by molar-refractivity contribution is 0.620. The molecule has 0 saturated heterocycles. The van der Waals surface area contributed by atoms with Gasteiger partial charge in [0.15, 0.2) is 0 Å². The van der Waals surface area contributed by atoms with Crippen molar-refractivity contribution in [2.24, 2.45) is 0 Å². The van der Waals surface area contributed by atoms with E-state index in [4.69, 9.17) is 11.6 Å². The Balaban J connectivity index is 2.01. The molecular weight excluding hydrogens is 333 g/mol. The Morgan fingerprint density at radius 3 is 2.44 bits per heavy atom. The molecule has 0 heterocycles. The number of nitrogens with one attached hydrogen (secondary N) is 1. The highest BCUT2D eigenvalue weighted by Gasteiger charge is 2.12. The van der Waals surface area contributed by atoms with E-state index in [0.717, 1.165) is 5.02 Å². The van der Waals surface area contributed by atoms with Crippen molar-refractivity contribution >= 4 is 39.9 Å². The van der Waals surface area contributed by atoms with Gasteiger partial charge in [-0.3, -0.25) is 0 Å². The lowest BCUT2D eigenvalue weighted by atomic mass is 10.1. The quantitative estimate of drug-likeness (QED) is 0.580. The SMILES string of the molecule is Clc1ccc(NC2CCCCCC2)c(I)c1. The Morgan fingerprint density at radius 2 is 1.81 bits per heavy atom. The molecule has 0 atom stereocenters. The van der Waals surface area contributed by atoms with Crippen molar-refractivity contribution in [1.82, 2.24) is 0 Å². The predicted molar refractivity (Wildman–Crippen MR) is 79.3 cm³/mol. The first kappa shape index (κ1) is 12.5. The molecule has 0 aliphatic heterocycles. The highest BCUT2D eigenvalue weighted by Crippen LogP contribution is 2.26. The minimum atomic E-state index is 0.650. The number of rotatable bonds is 2. The summed E-state index contributed by atoms with van der Waals surface area (Å²) >= 11 is 8.30. The molecule has 1 nitrogen and oxygen atoms in total. The fourth-order valence-electron chi connectivity index (χ4n) is 2.25. The first-order valence-corrected chi connectivity index (χ1v) is 7.43. The topological polar surface area (TPSA) is 12.0 Å². The Morgan fingerprint density at radius 1 is 1.12 bits per heavy atom. The van der Waals surface area contributed by atoms with Crippen LogP contribution in [0, 0.1) is 3.57 Å². The van der Waals surface area contributed by atoms with E-state index in [1.807, 2.05) is 12.1 Å². The molecule has 2 rings (SSSR count). The zero-order chi connectivity index (χ0) is 11.4. The molecule has 1 aliphatic carbocycles. The van der Waals surface area contributed by atoms with Crippen LogP contribution in [0.4, 0.5) is 5.69 Å². The normalized spacial score (nSPS) is 18.1. The smallest absolute Gasteiger partial charge is 0.0479 e. The standard InChI is InChI=1S/C13H17ClIN/c14-10-7-8-13(12(15)9-10)16-11-5-3-1-2-4-6-11/h7-9,11,16H,1-6H2. The zero-order valence-corrected chi connectivity index (χ0v) is 12.2. The molecule has 0 amide bonds. The third-order valence-corrected chi connectivity index (χ3v) is 4.27. The molecule has 16 heavy (non-hydrogen) atoms. The van der Waals surface area contributed by atoms with Crippen LogP contribution in [0.15, 0.2) is 18.2 Å². The molecule has 1 aromatic carbocycles. The maximum Gasteiger partial charge on any atom is 0.0479 e. The van der Waals surface area contributed by atoms with Gasteiger partial charge in [0.2, 0.25) is 0 Å². The van der Waals surface area contributed by atoms with Crippen molar-refractivity contribution in [2.75, 3.05) is 5.32 Å². The molecular formula is C13H17ClIN. The number of benzene rings is 1. The third kappa shape index (κ3) is 3.52. The van der Waals surface area contributed by atoms with E-state index in [1.165, 1.54) is 47.8 Å². The third-order valence-electron chi connectivity index (χ3n) is 3.15. The maximum atomic E-state index is 5.95. The van der Waals surface area contributed by atoms with Crippen LogP contribution >= 0.6 is 34.2 Å². The Labute approximate surface area is 116 Å². The fraction of sp³-hybridized carbons (Fsp3) is 0.538. The van der Waals surface area contributed by atoms with Crippen molar-refractivity contribution in [1.29, 1.82) is 0 Å². The van der Waals surface area contributed by atoms with Crippen molar-refractivity contribution < 1.29 is 0 Å². The number of halogens is 2. The molecule has 0 bridgehead atoms. The van der Waals surface area contributed by atoms with E-state index in [0.29, 0.717) is 6.04 Å². The van der Waals surface area contributed by atoms with Crippen molar-refractivity contribution in [3.63, 3.8) is 0 Å². The summed E-state index contributed by atoms with van der Waals surface area (Å²) in [5, 5.41) is 4.47. The van der Waals surface area contributed by atoms with Gasteiger partial charge in [0.05, 0.1) is 0 Å². The first-order chi connectivity index (χ1) is 7.75. The summed E-state index contributed by atoms with van der Waals surface area (Å²) in [6.07, 6.45) is 8.13. The van der Waals surface area contributed by atoms with Crippen molar-refractivity contribution in [3.8, 4) is 0 Å². The molecule has 3 heteroatoms. The van der Waals surface area contributed by atoms with E-state index < -0.39 is 0 Å². The van der Waals surface area contributed by atoms with Gasteiger partial charge in [-0.25, -0.2) is 0 Å². The molecule has 0 spiro atoms. The van der Waals surface area contributed by atoms with Crippen LogP contribution < -0.4 is 5.32 Å². The molecule has 1 fully saturated rings. The van der Waals surface area contributed by atoms with Crippen LogP contribution in [0.5, 0.6) is 0 Å². The lowest BCUT2D eigenvalue weighted by Crippen LogP contribution is -2.18.